The van der Waals surface area contributed by atoms with E-state index in [2.05, 4.69) is 29.8 Å². The normalized spacial score (nSPS) is 18.7. The topological polar surface area (TPSA) is 33.5 Å². The molecule has 0 radical (unpaired) electrons. The minimum Gasteiger partial charge on any atom is -0.457 e. The summed E-state index contributed by atoms with van der Waals surface area (Å²) in [6.07, 6.45) is 2.61. The minimum atomic E-state index is 0.0652. The van der Waals surface area contributed by atoms with E-state index in [0.717, 1.165) is 19.5 Å². The van der Waals surface area contributed by atoms with E-state index in [0.29, 0.717) is 15.6 Å². The molecule has 0 saturated carbocycles. The highest BCUT2D eigenvalue weighted by molar-refractivity contribution is 9.10. The van der Waals surface area contributed by atoms with E-state index in [-0.39, 0.29) is 5.91 Å². The second-order valence-electron chi connectivity index (χ2n) is 4.46. The molecule has 1 aliphatic heterocycles. The molecule has 0 aromatic carbocycles. The molecule has 3 nitrogen and oxygen atoms in total. The molecule has 1 aliphatic rings. The van der Waals surface area contributed by atoms with Crippen LogP contribution in [0.4, 0.5) is 0 Å². The van der Waals surface area contributed by atoms with Crippen molar-refractivity contribution in [3.8, 4) is 0 Å². The molecule has 4 heteroatoms. The Balaban J connectivity index is 2.00. The summed E-state index contributed by atoms with van der Waals surface area (Å²) in [6, 6.07) is 1.71. The first-order chi connectivity index (χ1) is 7.04. The first kappa shape index (κ1) is 10.7. The van der Waals surface area contributed by atoms with E-state index in [1.54, 1.807) is 6.07 Å². The van der Waals surface area contributed by atoms with Crippen LogP contribution in [0.25, 0.3) is 0 Å². The van der Waals surface area contributed by atoms with Gasteiger partial charge in [-0.1, -0.05) is 13.8 Å². The van der Waals surface area contributed by atoms with Crippen LogP contribution in [0.1, 0.15) is 30.6 Å². The maximum absolute atomic E-state index is 11.9. The van der Waals surface area contributed by atoms with Crippen molar-refractivity contribution < 1.29 is 9.21 Å². The van der Waals surface area contributed by atoms with Crippen molar-refractivity contribution in [2.75, 3.05) is 13.1 Å². The number of halogens is 1. The number of rotatable bonds is 2. The van der Waals surface area contributed by atoms with Crippen LogP contribution >= 0.6 is 15.9 Å². The number of hydrogen-bond acceptors (Lipinski definition) is 2. The standard InChI is InChI=1S/C11H14BrNO2/c1-3-11(2)6-13(7-11)10(14)8-4-9(12)15-5-8/h4-5H,3,6-7H2,1-2H3. The zero-order valence-corrected chi connectivity index (χ0v) is 10.5. The molecule has 0 atom stereocenters. The van der Waals surface area contributed by atoms with Gasteiger partial charge in [-0.05, 0) is 22.4 Å². The van der Waals surface area contributed by atoms with Crippen molar-refractivity contribution in [3.63, 3.8) is 0 Å². The number of carbonyl (C=O) groups excluding carboxylic acids is 1. The molecule has 0 N–H and O–H groups in total. The summed E-state index contributed by atoms with van der Waals surface area (Å²) in [7, 11) is 0. The highest BCUT2D eigenvalue weighted by Crippen LogP contribution is 2.34. The van der Waals surface area contributed by atoms with Gasteiger partial charge in [-0.3, -0.25) is 4.79 Å². The first-order valence-electron chi connectivity index (χ1n) is 5.07. The summed E-state index contributed by atoms with van der Waals surface area (Å²) in [5, 5.41) is 0. The number of amides is 1. The van der Waals surface area contributed by atoms with Crippen LogP contribution in [0, 0.1) is 5.41 Å². The number of hydrogen-bond donors (Lipinski definition) is 0. The van der Waals surface area contributed by atoms with Crippen molar-refractivity contribution in [2.45, 2.75) is 20.3 Å². The molecule has 1 aromatic heterocycles. The number of carbonyl (C=O) groups is 1. The molecule has 1 amide bonds. The molecule has 1 fully saturated rings. The van der Waals surface area contributed by atoms with Gasteiger partial charge in [-0.2, -0.15) is 0 Å². The SMILES string of the molecule is CCC1(C)CN(C(=O)c2coc(Br)c2)C1. The molecule has 2 rings (SSSR count). The summed E-state index contributed by atoms with van der Waals surface area (Å²) < 4.78 is 5.65. The Morgan fingerprint density at radius 2 is 2.33 bits per heavy atom. The fourth-order valence-electron chi connectivity index (χ4n) is 1.85. The highest BCUT2D eigenvalue weighted by atomic mass is 79.9. The van der Waals surface area contributed by atoms with Crippen molar-refractivity contribution in [2.24, 2.45) is 5.41 Å². The van der Waals surface area contributed by atoms with Gasteiger partial charge in [0.15, 0.2) is 4.67 Å². The number of likely N-dealkylation sites (tertiary alicyclic amines) is 1. The average molecular weight is 272 g/mol. The predicted molar refractivity (Wildman–Crippen MR) is 60.7 cm³/mol. The molecule has 1 saturated heterocycles. The van der Waals surface area contributed by atoms with Gasteiger partial charge in [0.25, 0.3) is 5.91 Å². The molecule has 15 heavy (non-hydrogen) atoms. The fourth-order valence-corrected chi connectivity index (χ4v) is 2.19. The van der Waals surface area contributed by atoms with Gasteiger partial charge in [0, 0.05) is 24.6 Å². The molecule has 2 heterocycles. The van der Waals surface area contributed by atoms with Crippen molar-refractivity contribution in [1.29, 1.82) is 0 Å². The van der Waals surface area contributed by atoms with Crippen LogP contribution in [0.5, 0.6) is 0 Å². The molecule has 1 aromatic rings. The fraction of sp³-hybridized carbons (Fsp3) is 0.545. The second kappa shape index (κ2) is 3.67. The Hall–Kier alpha value is -0.770. The van der Waals surface area contributed by atoms with Gasteiger partial charge in [0.2, 0.25) is 0 Å². The third-order valence-corrected chi connectivity index (χ3v) is 3.52. The Morgan fingerprint density at radius 1 is 1.67 bits per heavy atom. The summed E-state index contributed by atoms with van der Waals surface area (Å²) in [4.78, 5) is 13.8. The van der Waals surface area contributed by atoms with Crippen molar-refractivity contribution in [1.82, 2.24) is 4.90 Å². The summed E-state index contributed by atoms with van der Waals surface area (Å²) in [6.45, 7) is 6.08. The number of furan rings is 1. The van der Waals surface area contributed by atoms with Crippen LogP contribution in [0.3, 0.4) is 0 Å². The predicted octanol–water partition coefficient (Wildman–Crippen LogP) is 2.91. The van der Waals surface area contributed by atoms with Gasteiger partial charge in [0.05, 0.1) is 5.56 Å². The molecule has 0 spiro atoms. The molecule has 0 aliphatic carbocycles. The third-order valence-electron chi connectivity index (χ3n) is 3.10. The maximum atomic E-state index is 11.9. The van der Waals surface area contributed by atoms with Gasteiger partial charge in [-0.15, -0.1) is 0 Å². The lowest BCUT2D eigenvalue weighted by atomic mass is 9.79. The van der Waals surface area contributed by atoms with Crippen molar-refractivity contribution >= 4 is 21.8 Å². The van der Waals surface area contributed by atoms with Crippen LogP contribution in [0.15, 0.2) is 21.4 Å². The van der Waals surface area contributed by atoms with E-state index >= 15 is 0 Å². The van der Waals surface area contributed by atoms with E-state index in [4.69, 9.17) is 4.42 Å². The Morgan fingerprint density at radius 3 is 2.80 bits per heavy atom. The molecular formula is C11H14BrNO2. The third kappa shape index (κ3) is 1.95. The Bertz CT molecular complexity index is 380. The molecule has 0 bridgehead atoms. The Labute approximate surface area is 97.6 Å². The monoisotopic (exact) mass is 271 g/mol. The van der Waals surface area contributed by atoms with Gasteiger partial charge >= 0.3 is 0 Å². The molecule has 0 unspecified atom stereocenters. The second-order valence-corrected chi connectivity index (χ2v) is 5.25. The zero-order chi connectivity index (χ0) is 11.1. The van der Waals surface area contributed by atoms with Crippen LogP contribution in [-0.4, -0.2) is 23.9 Å². The lowest BCUT2D eigenvalue weighted by Crippen LogP contribution is -2.56. The van der Waals surface area contributed by atoms with Crippen molar-refractivity contribution in [3.05, 3.63) is 22.6 Å². The summed E-state index contributed by atoms with van der Waals surface area (Å²) in [5.41, 5.74) is 0.941. The largest absolute Gasteiger partial charge is 0.457 e. The van der Waals surface area contributed by atoms with E-state index < -0.39 is 0 Å². The minimum absolute atomic E-state index is 0.0652. The summed E-state index contributed by atoms with van der Waals surface area (Å²) in [5.74, 6) is 0.0652. The molecular weight excluding hydrogens is 258 g/mol. The number of nitrogens with zero attached hydrogens (tertiary/aromatic N) is 1. The smallest absolute Gasteiger partial charge is 0.257 e. The van der Waals surface area contributed by atoms with E-state index in [1.807, 2.05) is 4.90 Å². The first-order valence-corrected chi connectivity index (χ1v) is 5.87. The van der Waals surface area contributed by atoms with Crippen LogP contribution in [0.2, 0.25) is 0 Å². The zero-order valence-electron chi connectivity index (χ0n) is 8.92. The van der Waals surface area contributed by atoms with Crippen LogP contribution in [-0.2, 0) is 0 Å². The molecule has 82 valence electrons. The average Bonchev–Trinajstić information content (AvgIpc) is 2.59. The maximum Gasteiger partial charge on any atom is 0.257 e. The van der Waals surface area contributed by atoms with Gasteiger partial charge in [-0.25, -0.2) is 0 Å². The van der Waals surface area contributed by atoms with E-state index in [1.165, 1.54) is 6.26 Å². The highest BCUT2D eigenvalue weighted by Gasteiger charge is 2.40. The van der Waals surface area contributed by atoms with Gasteiger partial charge in [0.1, 0.15) is 6.26 Å². The Kier molecular flexibility index (Phi) is 2.63. The quantitative estimate of drug-likeness (QED) is 0.829. The van der Waals surface area contributed by atoms with E-state index in [9.17, 15) is 4.79 Å². The lowest BCUT2D eigenvalue weighted by molar-refractivity contribution is 0.0133. The summed E-state index contributed by atoms with van der Waals surface area (Å²) >= 11 is 3.19. The lowest BCUT2D eigenvalue weighted by Gasteiger charge is -2.47. The van der Waals surface area contributed by atoms with Crippen LogP contribution < -0.4 is 0 Å². The van der Waals surface area contributed by atoms with Gasteiger partial charge < -0.3 is 9.32 Å².